The fourth-order valence-corrected chi connectivity index (χ4v) is 3.84. The summed E-state index contributed by atoms with van der Waals surface area (Å²) >= 11 is 0. The average molecular weight is 425 g/mol. The van der Waals surface area contributed by atoms with Crippen molar-refractivity contribution in [3.8, 4) is 0 Å². The van der Waals surface area contributed by atoms with Crippen molar-refractivity contribution in [1.82, 2.24) is 0 Å². The first-order valence-corrected chi connectivity index (χ1v) is 10.9. The molecule has 0 atom stereocenters. The molecule has 0 unspecified atom stereocenters. The monoisotopic (exact) mass is 424 g/mol. The molecule has 1 heterocycles. The maximum atomic E-state index is 13.5. The molecule has 3 aromatic rings. The number of carbonyl (C=O) groups is 2. The molecule has 4 nitrogen and oxygen atoms in total. The minimum absolute atomic E-state index is 0.301. The number of benzene rings is 3. The summed E-state index contributed by atoms with van der Waals surface area (Å²) in [5.41, 5.74) is 7.31. The van der Waals surface area contributed by atoms with Crippen LogP contribution in [-0.2, 0) is 9.59 Å². The van der Waals surface area contributed by atoms with Crippen LogP contribution in [0.25, 0.3) is 5.57 Å². The summed E-state index contributed by atoms with van der Waals surface area (Å²) in [6, 6.07) is 21.3. The van der Waals surface area contributed by atoms with E-state index in [1.54, 1.807) is 0 Å². The Morgan fingerprint density at radius 1 is 0.750 bits per heavy atom. The first-order valence-electron chi connectivity index (χ1n) is 10.9. The van der Waals surface area contributed by atoms with Crippen molar-refractivity contribution in [1.29, 1.82) is 0 Å². The van der Waals surface area contributed by atoms with Crippen LogP contribution in [0.2, 0.25) is 0 Å². The van der Waals surface area contributed by atoms with E-state index < -0.39 is 0 Å². The van der Waals surface area contributed by atoms with E-state index >= 15 is 0 Å². The van der Waals surface area contributed by atoms with Crippen LogP contribution in [0.15, 0.2) is 72.4 Å². The number of carbonyl (C=O) groups excluding carboxylic acids is 2. The van der Waals surface area contributed by atoms with E-state index in [2.05, 4.69) is 19.2 Å². The molecule has 4 rings (SSSR count). The SMILES string of the molecule is Cc1ccc(C2=C(Nc3ccc(C)c(C)c3)C(=O)N(c3ccc(C(C)C)cc3)C2=O)cc1. The zero-order valence-corrected chi connectivity index (χ0v) is 19.2. The van der Waals surface area contributed by atoms with Gasteiger partial charge in [0.15, 0.2) is 0 Å². The molecular weight excluding hydrogens is 396 g/mol. The summed E-state index contributed by atoms with van der Waals surface area (Å²) in [4.78, 5) is 28.3. The van der Waals surface area contributed by atoms with Crippen LogP contribution in [0, 0.1) is 20.8 Å². The van der Waals surface area contributed by atoms with Gasteiger partial charge in [0.1, 0.15) is 5.70 Å². The number of nitrogens with zero attached hydrogens (tertiary/aromatic N) is 1. The summed E-state index contributed by atoms with van der Waals surface area (Å²) in [5.74, 6) is -0.291. The number of hydrogen-bond acceptors (Lipinski definition) is 3. The summed E-state index contributed by atoms with van der Waals surface area (Å²) in [6.07, 6.45) is 0. The van der Waals surface area contributed by atoms with Crippen molar-refractivity contribution in [2.45, 2.75) is 40.5 Å². The molecule has 2 amide bonds. The Morgan fingerprint density at radius 3 is 2.00 bits per heavy atom. The minimum atomic E-state index is -0.346. The van der Waals surface area contributed by atoms with Gasteiger partial charge in [-0.3, -0.25) is 9.59 Å². The zero-order chi connectivity index (χ0) is 23.0. The van der Waals surface area contributed by atoms with Crippen LogP contribution in [0.3, 0.4) is 0 Å². The normalized spacial score (nSPS) is 14.0. The Balaban J connectivity index is 1.79. The van der Waals surface area contributed by atoms with Gasteiger partial charge in [-0.05, 0) is 73.2 Å². The average Bonchev–Trinajstić information content (AvgIpc) is 3.01. The molecule has 0 saturated heterocycles. The molecule has 0 bridgehead atoms. The van der Waals surface area contributed by atoms with Crippen LogP contribution in [-0.4, -0.2) is 11.8 Å². The van der Waals surface area contributed by atoms with Gasteiger partial charge in [-0.25, -0.2) is 4.90 Å². The summed E-state index contributed by atoms with van der Waals surface area (Å²) in [5, 5.41) is 3.25. The van der Waals surface area contributed by atoms with Gasteiger partial charge in [0.2, 0.25) is 0 Å². The second-order valence-electron chi connectivity index (χ2n) is 8.73. The number of amides is 2. The van der Waals surface area contributed by atoms with Gasteiger partial charge in [0.25, 0.3) is 11.8 Å². The second kappa shape index (κ2) is 8.46. The molecular formula is C28H28N2O2. The number of rotatable bonds is 5. The fourth-order valence-electron chi connectivity index (χ4n) is 3.84. The van der Waals surface area contributed by atoms with Gasteiger partial charge in [-0.2, -0.15) is 0 Å². The molecule has 162 valence electrons. The van der Waals surface area contributed by atoms with Gasteiger partial charge in [0, 0.05) is 5.69 Å². The predicted octanol–water partition coefficient (Wildman–Crippen LogP) is 6.13. The number of nitrogens with one attached hydrogen (secondary N) is 1. The van der Waals surface area contributed by atoms with Crippen molar-refractivity contribution >= 4 is 28.8 Å². The van der Waals surface area contributed by atoms with E-state index in [-0.39, 0.29) is 11.8 Å². The Hall–Kier alpha value is -3.66. The van der Waals surface area contributed by atoms with Crippen LogP contribution in [0.1, 0.15) is 47.6 Å². The first-order chi connectivity index (χ1) is 15.3. The van der Waals surface area contributed by atoms with E-state index in [4.69, 9.17) is 0 Å². The van der Waals surface area contributed by atoms with Gasteiger partial charge in [-0.15, -0.1) is 0 Å². The quantitative estimate of drug-likeness (QED) is 0.501. The molecule has 0 fully saturated rings. The van der Waals surface area contributed by atoms with Gasteiger partial charge >= 0.3 is 0 Å². The maximum absolute atomic E-state index is 13.5. The van der Waals surface area contributed by atoms with Crippen molar-refractivity contribution in [3.05, 3.63) is 100 Å². The highest BCUT2D eigenvalue weighted by molar-refractivity contribution is 6.46. The summed E-state index contributed by atoms with van der Waals surface area (Å²) in [7, 11) is 0. The van der Waals surface area contributed by atoms with Crippen LogP contribution in [0.5, 0.6) is 0 Å². The van der Waals surface area contributed by atoms with E-state index in [9.17, 15) is 9.59 Å². The van der Waals surface area contributed by atoms with Crippen LogP contribution in [0.4, 0.5) is 11.4 Å². The van der Waals surface area contributed by atoms with Crippen molar-refractivity contribution in [3.63, 3.8) is 0 Å². The van der Waals surface area contributed by atoms with Crippen LogP contribution < -0.4 is 10.2 Å². The summed E-state index contributed by atoms with van der Waals surface area (Å²) < 4.78 is 0. The number of imide groups is 1. The van der Waals surface area contributed by atoms with Gasteiger partial charge < -0.3 is 5.32 Å². The Morgan fingerprint density at radius 2 is 1.41 bits per heavy atom. The standard InChI is InChI=1S/C28H28N2O2/c1-17(2)21-11-14-24(15-12-21)30-27(31)25(22-9-6-18(3)7-10-22)26(28(30)32)29-23-13-8-19(4)20(5)16-23/h6-17,29H,1-5H3. The smallest absolute Gasteiger partial charge is 0.282 e. The molecule has 3 aromatic carbocycles. The Labute approximate surface area is 189 Å². The molecule has 0 aliphatic carbocycles. The lowest BCUT2D eigenvalue weighted by Crippen LogP contribution is -2.32. The zero-order valence-electron chi connectivity index (χ0n) is 19.2. The maximum Gasteiger partial charge on any atom is 0.282 e. The largest absolute Gasteiger partial charge is 0.350 e. The van der Waals surface area contributed by atoms with Crippen molar-refractivity contribution < 1.29 is 9.59 Å². The minimum Gasteiger partial charge on any atom is -0.350 e. The number of aryl methyl sites for hydroxylation is 3. The molecule has 1 aliphatic rings. The van der Waals surface area contributed by atoms with Crippen LogP contribution >= 0.6 is 0 Å². The second-order valence-corrected chi connectivity index (χ2v) is 8.73. The molecule has 0 aromatic heterocycles. The molecule has 1 aliphatic heterocycles. The highest BCUT2D eigenvalue weighted by Crippen LogP contribution is 2.34. The Kier molecular flexibility index (Phi) is 5.70. The van der Waals surface area contributed by atoms with E-state index in [1.165, 1.54) is 10.5 Å². The molecule has 1 N–H and O–H groups in total. The van der Waals surface area contributed by atoms with Gasteiger partial charge in [-0.1, -0.05) is 61.9 Å². The third kappa shape index (κ3) is 3.96. The highest BCUT2D eigenvalue weighted by Gasteiger charge is 2.40. The van der Waals surface area contributed by atoms with E-state index in [1.807, 2.05) is 87.5 Å². The molecule has 0 radical (unpaired) electrons. The van der Waals surface area contributed by atoms with Gasteiger partial charge in [0.05, 0.1) is 11.3 Å². The fraction of sp³-hybridized carbons (Fsp3) is 0.214. The molecule has 32 heavy (non-hydrogen) atoms. The van der Waals surface area contributed by atoms with E-state index in [0.29, 0.717) is 22.9 Å². The lowest BCUT2D eigenvalue weighted by atomic mass is 10.0. The highest BCUT2D eigenvalue weighted by atomic mass is 16.2. The van der Waals surface area contributed by atoms with Crippen molar-refractivity contribution in [2.24, 2.45) is 0 Å². The predicted molar refractivity (Wildman–Crippen MR) is 131 cm³/mol. The third-order valence-electron chi connectivity index (χ3n) is 6.02. The summed E-state index contributed by atoms with van der Waals surface area (Å²) in [6.45, 7) is 10.3. The molecule has 4 heteroatoms. The lowest BCUT2D eigenvalue weighted by Gasteiger charge is -2.16. The number of anilines is 2. The first kappa shape index (κ1) is 21.6. The third-order valence-corrected chi connectivity index (χ3v) is 6.02. The van der Waals surface area contributed by atoms with Crippen molar-refractivity contribution in [2.75, 3.05) is 10.2 Å². The number of hydrogen-bond donors (Lipinski definition) is 1. The lowest BCUT2D eigenvalue weighted by molar-refractivity contribution is -0.120. The molecule has 0 spiro atoms. The molecule has 0 saturated carbocycles. The van der Waals surface area contributed by atoms with E-state index in [0.717, 1.165) is 27.9 Å². The Bertz CT molecular complexity index is 1220. The topological polar surface area (TPSA) is 49.4 Å².